The molecule has 1 aromatic heterocycles. The summed E-state index contributed by atoms with van der Waals surface area (Å²) >= 11 is 0. The lowest BCUT2D eigenvalue weighted by molar-refractivity contribution is 0.414. The molecule has 4 heteroatoms. The molecule has 0 unspecified atom stereocenters. The van der Waals surface area contributed by atoms with Crippen molar-refractivity contribution < 1.29 is 4.74 Å². The second-order valence-corrected chi connectivity index (χ2v) is 4.81. The molecule has 0 atom stereocenters. The fourth-order valence-corrected chi connectivity index (χ4v) is 2.27. The molecule has 0 amide bonds. The van der Waals surface area contributed by atoms with E-state index in [1.54, 1.807) is 17.9 Å². The van der Waals surface area contributed by atoms with Crippen molar-refractivity contribution in [3.63, 3.8) is 0 Å². The van der Waals surface area contributed by atoms with Gasteiger partial charge in [-0.25, -0.2) is 4.68 Å². The SMILES string of the molecule is COc1cccc(Cn2[nH]c(-c3ccccc3)cc2=O)c1. The number of benzene rings is 2. The molecular weight excluding hydrogens is 264 g/mol. The Bertz CT molecular complexity index is 788. The Labute approximate surface area is 122 Å². The molecule has 2 aromatic carbocycles. The summed E-state index contributed by atoms with van der Waals surface area (Å²) in [7, 11) is 1.63. The van der Waals surface area contributed by atoms with Crippen LogP contribution in [0.25, 0.3) is 11.3 Å². The summed E-state index contributed by atoms with van der Waals surface area (Å²) in [5.74, 6) is 0.787. The minimum atomic E-state index is -0.0447. The monoisotopic (exact) mass is 280 g/mol. The van der Waals surface area contributed by atoms with Gasteiger partial charge in [-0.05, 0) is 23.3 Å². The smallest absolute Gasteiger partial charge is 0.267 e. The van der Waals surface area contributed by atoms with Crippen LogP contribution in [0, 0.1) is 0 Å². The molecule has 0 aliphatic rings. The first-order valence-corrected chi connectivity index (χ1v) is 6.74. The van der Waals surface area contributed by atoms with Gasteiger partial charge in [0.25, 0.3) is 5.56 Å². The first-order valence-electron chi connectivity index (χ1n) is 6.74. The number of aromatic amines is 1. The third-order valence-corrected chi connectivity index (χ3v) is 3.35. The number of ether oxygens (including phenoxy) is 1. The van der Waals surface area contributed by atoms with E-state index >= 15 is 0 Å². The van der Waals surface area contributed by atoms with Crippen molar-refractivity contribution >= 4 is 0 Å². The molecule has 3 rings (SSSR count). The average Bonchev–Trinajstić information content (AvgIpc) is 2.89. The molecule has 4 nitrogen and oxygen atoms in total. The van der Waals surface area contributed by atoms with Gasteiger partial charge in [-0.2, -0.15) is 0 Å². The topological polar surface area (TPSA) is 47.0 Å². The van der Waals surface area contributed by atoms with E-state index in [1.807, 2.05) is 54.6 Å². The highest BCUT2D eigenvalue weighted by atomic mass is 16.5. The van der Waals surface area contributed by atoms with Crippen LogP contribution in [0.5, 0.6) is 5.75 Å². The number of methoxy groups -OCH3 is 1. The van der Waals surface area contributed by atoms with E-state index in [2.05, 4.69) is 5.10 Å². The summed E-state index contributed by atoms with van der Waals surface area (Å²) in [6.45, 7) is 0.489. The molecule has 0 radical (unpaired) electrons. The normalized spacial score (nSPS) is 10.5. The Morgan fingerprint density at radius 3 is 2.62 bits per heavy atom. The Balaban J connectivity index is 1.90. The van der Waals surface area contributed by atoms with Crippen LogP contribution in [-0.4, -0.2) is 16.9 Å². The van der Waals surface area contributed by atoms with Gasteiger partial charge in [-0.3, -0.25) is 9.89 Å². The maximum Gasteiger partial charge on any atom is 0.267 e. The molecule has 0 bridgehead atoms. The van der Waals surface area contributed by atoms with E-state index in [4.69, 9.17) is 4.74 Å². The van der Waals surface area contributed by atoms with E-state index in [0.717, 1.165) is 22.6 Å². The Morgan fingerprint density at radius 1 is 1.05 bits per heavy atom. The number of hydrogen-bond donors (Lipinski definition) is 1. The first-order chi connectivity index (χ1) is 10.3. The van der Waals surface area contributed by atoms with Crippen LogP contribution in [0.1, 0.15) is 5.56 Å². The zero-order chi connectivity index (χ0) is 14.7. The number of nitrogens with one attached hydrogen (secondary N) is 1. The van der Waals surface area contributed by atoms with Crippen LogP contribution in [0.15, 0.2) is 65.5 Å². The van der Waals surface area contributed by atoms with Crippen molar-refractivity contribution in [2.75, 3.05) is 7.11 Å². The molecule has 1 N–H and O–H groups in total. The number of aromatic nitrogens is 2. The van der Waals surface area contributed by atoms with Crippen molar-refractivity contribution in [3.05, 3.63) is 76.6 Å². The Kier molecular flexibility index (Phi) is 3.60. The third-order valence-electron chi connectivity index (χ3n) is 3.35. The molecule has 0 aliphatic heterocycles. The number of H-pyrrole nitrogens is 1. The van der Waals surface area contributed by atoms with Crippen LogP contribution in [0.3, 0.4) is 0 Å². The van der Waals surface area contributed by atoms with E-state index in [1.165, 1.54) is 0 Å². The van der Waals surface area contributed by atoms with E-state index < -0.39 is 0 Å². The molecule has 0 fully saturated rings. The van der Waals surface area contributed by atoms with Gasteiger partial charge >= 0.3 is 0 Å². The summed E-state index contributed by atoms with van der Waals surface area (Å²) < 4.78 is 6.79. The van der Waals surface area contributed by atoms with Crippen molar-refractivity contribution in [1.82, 2.24) is 9.78 Å². The number of nitrogens with zero attached hydrogens (tertiary/aromatic N) is 1. The zero-order valence-electron chi connectivity index (χ0n) is 11.7. The molecule has 1 heterocycles. The minimum absolute atomic E-state index is 0.0447. The Morgan fingerprint density at radius 2 is 1.86 bits per heavy atom. The van der Waals surface area contributed by atoms with Crippen LogP contribution < -0.4 is 10.3 Å². The molecular formula is C17H16N2O2. The third kappa shape index (κ3) is 2.89. The van der Waals surface area contributed by atoms with Crippen LogP contribution in [-0.2, 0) is 6.54 Å². The zero-order valence-corrected chi connectivity index (χ0v) is 11.7. The van der Waals surface area contributed by atoms with Crippen LogP contribution in [0.2, 0.25) is 0 Å². The fourth-order valence-electron chi connectivity index (χ4n) is 2.27. The highest BCUT2D eigenvalue weighted by molar-refractivity contribution is 5.58. The van der Waals surface area contributed by atoms with E-state index in [-0.39, 0.29) is 5.56 Å². The van der Waals surface area contributed by atoms with Gasteiger partial charge in [0.1, 0.15) is 5.75 Å². The van der Waals surface area contributed by atoms with Crippen molar-refractivity contribution in [2.24, 2.45) is 0 Å². The standard InChI is InChI=1S/C17H16N2O2/c1-21-15-9-5-6-13(10-15)12-19-17(20)11-16(18-19)14-7-3-2-4-8-14/h2-11,18H,12H2,1H3. The molecule has 3 aromatic rings. The van der Waals surface area contributed by atoms with E-state index in [0.29, 0.717) is 6.54 Å². The quantitative estimate of drug-likeness (QED) is 0.798. The van der Waals surface area contributed by atoms with Crippen molar-refractivity contribution in [3.8, 4) is 17.0 Å². The van der Waals surface area contributed by atoms with Crippen LogP contribution in [0.4, 0.5) is 0 Å². The predicted octanol–water partition coefficient (Wildman–Crippen LogP) is 2.90. The summed E-state index contributed by atoms with van der Waals surface area (Å²) in [6.07, 6.45) is 0. The lowest BCUT2D eigenvalue weighted by atomic mass is 10.2. The van der Waals surface area contributed by atoms with Crippen molar-refractivity contribution in [2.45, 2.75) is 6.54 Å². The summed E-state index contributed by atoms with van der Waals surface area (Å²) in [4.78, 5) is 12.1. The lowest BCUT2D eigenvalue weighted by Crippen LogP contribution is -2.16. The molecule has 0 saturated carbocycles. The summed E-state index contributed by atoms with van der Waals surface area (Å²) in [5.41, 5.74) is 2.79. The highest BCUT2D eigenvalue weighted by Gasteiger charge is 2.06. The van der Waals surface area contributed by atoms with Gasteiger partial charge in [0.2, 0.25) is 0 Å². The van der Waals surface area contributed by atoms with E-state index in [9.17, 15) is 4.79 Å². The van der Waals surface area contributed by atoms with Crippen LogP contribution >= 0.6 is 0 Å². The fraction of sp³-hybridized carbons (Fsp3) is 0.118. The van der Waals surface area contributed by atoms with Gasteiger partial charge < -0.3 is 4.74 Å². The summed E-state index contributed by atoms with van der Waals surface area (Å²) in [5, 5.41) is 3.15. The largest absolute Gasteiger partial charge is 0.497 e. The second-order valence-electron chi connectivity index (χ2n) is 4.81. The minimum Gasteiger partial charge on any atom is -0.497 e. The highest BCUT2D eigenvalue weighted by Crippen LogP contribution is 2.16. The molecule has 21 heavy (non-hydrogen) atoms. The molecule has 106 valence electrons. The number of hydrogen-bond acceptors (Lipinski definition) is 2. The average molecular weight is 280 g/mol. The second kappa shape index (κ2) is 5.71. The van der Waals surface area contributed by atoms with Gasteiger partial charge in [0.15, 0.2) is 0 Å². The molecule has 0 saturated heterocycles. The Hall–Kier alpha value is -2.75. The maximum atomic E-state index is 12.1. The van der Waals surface area contributed by atoms with Crippen molar-refractivity contribution in [1.29, 1.82) is 0 Å². The van der Waals surface area contributed by atoms with Gasteiger partial charge in [0, 0.05) is 6.07 Å². The summed E-state index contributed by atoms with van der Waals surface area (Å²) in [6, 6.07) is 19.1. The molecule has 0 spiro atoms. The number of rotatable bonds is 4. The van der Waals surface area contributed by atoms with Gasteiger partial charge in [0.05, 0.1) is 19.3 Å². The first kappa shape index (κ1) is 13.2. The lowest BCUT2D eigenvalue weighted by Gasteiger charge is -2.05. The predicted molar refractivity (Wildman–Crippen MR) is 82.6 cm³/mol. The maximum absolute atomic E-state index is 12.1. The van der Waals surface area contributed by atoms with Gasteiger partial charge in [-0.1, -0.05) is 42.5 Å². The molecule has 0 aliphatic carbocycles. The van der Waals surface area contributed by atoms with Gasteiger partial charge in [-0.15, -0.1) is 0 Å².